The number of ether oxygens (including phenoxy) is 3. The third-order valence-corrected chi connectivity index (χ3v) is 6.93. The van der Waals surface area contributed by atoms with E-state index in [9.17, 15) is 5.11 Å². The van der Waals surface area contributed by atoms with Crippen molar-refractivity contribution in [1.82, 2.24) is 0 Å². The fraction of sp³-hybridized carbons (Fsp3) is 0.391. The molecule has 0 aliphatic carbocycles. The van der Waals surface area contributed by atoms with Gasteiger partial charge >= 0.3 is 0 Å². The SMILES string of the molecule is C=C(C)COC(C)Oc1c(Br)cc(C(C)(C)c2cc(Br)c(OC(C)O)c(Br)c2)cc1Br. The minimum absolute atomic E-state index is 0.333. The van der Waals surface area contributed by atoms with Gasteiger partial charge in [-0.2, -0.15) is 0 Å². The lowest BCUT2D eigenvalue weighted by molar-refractivity contribution is -0.0580. The van der Waals surface area contributed by atoms with Gasteiger partial charge in [0.2, 0.25) is 0 Å². The molecule has 2 aromatic carbocycles. The van der Waals surface area contributed by atoms with Gasteiger partial charge in [-0.05, 0) is 120 Å². The zero-order chi connectivity index (χ0) is 23.5. The third kappa shape index (κ3) is 7.05. The number of aliphatic hydroxyl groups excluding tert-OH is 1. The predicted molar refractivity (Wildman–Crippen MR) is 139 cm³/mol. The Hall–Kier alpha value is -0.380. The molecule has 0 saturated heterocycles. The summed E-state index contributed by atoms with van der Waals surface area (Å²) in [5.41, 5.74) is 2.75. The number of aliphatic hydroxyl groups is 1. The summed E-state index contributed by atoms with van der Waals surface area (Å²) in [6.07, 6.45) is -1.33. The lowest BCUT2D eigenvalue weighted by Crippen LogP contribution is -2.21. The first-order valence-electron chi connectivity index (χ1n) is 9.59. The van der Waals surface area contributed by atoms with Gasteiger partial charge in [0.1, 0.15) is 0 Å². The van der Waals surface area contributed by atoms with E-state index in [1.54, 1.807) is 6.92 Å². The Labute approximate surface area is 217 Å². The topological polar surface area (TPSA) is 47.9 Å². The molecule has 31 heavy (non-hydrogen) atoms. The maximum absolute atomic E-state index is 9.57. The molecule has 170 valence electrons. The molecule has 0 amide bonds. The van der Waals surface area contributed by atoms with E-state index in [0.29, 0.717) is 18.1 Å². The molecule has 2 aromatic rings. The molecule has 8 heteroatoms. The van der Waals surface area contributed by atoms with E-state index >= 15 is 0 Å². The summed E-state index contributed by atoms with van der Waals surface area (Å²) in [5, 5.41) is 9.57. The number of benzene rings is 2. The molecule has 0 aliphatic rings. The normalized spacial score (nSPS) is 13.6. The lowest BCUT2D eigenvalue weighted by atomic mass is 9.78. The fourth-order valence-corrected chi connectivity index (χ4v) is 5.61. The summed E-state index contributed by atoms with van der Waals surface area (Å²) in [6.45, 7) is 13.9. The summed E-state index contributed by atoms with van der Waals surface area (Å²) in [6, 6.07) is 8.10. The van der Waals surface area contributed by atoms with E-state index in [4.69, 9.17) is 14.2 Å². The van der Waals surface area contributed by atoms with Gasteiger partial charge in [-0.15, -0.1) is 0 Å². The van der Waals surface area contributed by atoms with Crippen LogP contribution in [0.5, 0.6) is 11.5 Å². The zero-order valence-corrected chi connectivity index (χ0v) is 24.4. The highest BCUT2D eigenvalue weighted by molar-refractivity contribution is 9.11. The van der Waals surface area contributed by atoms with Crippen LogP contribution in [0.15, 0.2) is 54.3 Å². The standard InChI is InChI=1S/C23H26Br4O4/c1-12(2)11-29-14(4)31-22-19(26)9-16(10-20(22)27)23(5,6)15-7-17(24)21(18(25)8-15)30-13(3)28/h7-10,13-14,28H,1,11H2,2-6H3. The molecule has 0 aliphatic heterocycles. The highest BCUT2D eigenvalue weighted by Gasteiger charge is 2.28. The van der Waals surface area contributed by atoms with Crippen molar-refractivity contribution in [2.24, 2.45) is 0 Å². The van der Waals surface area contributed by atoms with Crippen LogP contribution in [0.4, 0.5) is 0 Å². The molecule has 0 radical (unpaired) electrons. The van der Waals surface area contributed by atoms with Crippen molar-refractivity contribution in [1.29, 1.82) is 0 Å². The van der Waals surface area contributed by atoms with Crippen molar-refractivity contribution < 1.29 is 19.3 Å². The minimum Gasteiger partial charge on any atom is -0.463 e. The van der Waals surface area contributed by atoms with Crippen LogP contribution < -0.4 is 9.47 Å². The fourth-order valence-electron chi connectivity index (χ4n) is 2.86. The van der Waals surface area contributed by atoms with E-state index in [1.165, 1.54) is 0 Å². The molecule has 0 heterocycles. The Morgan fingerprint density at radius 3 is 1.65 bits per heavy atom. The molecule has 2 unspecified atom stereocenters. The van der Waals surface area contributed by atoms with Gasteiger partial charge in [-0.3, -0.25) is 0 Å². The van der Waals surface area contributed by atoms with Gasteiger partial charge in [-0.25, -0.2) is 0 Å². The minimum atomic E-state index is -0.910. The van der Waals surface area contributed by atoms with Gasteiger partial charge in [0.05, 0.1) is 24.5 Å². The lowest BCUT2D eigenvalue weighted by Gasteiger charge is -2.29. The van der Waals surface area contributed by atoms with Gasteiger partial charge < -0.3 is 19.3 Å². The first-order valence-corrected chi connectivity index (χ1v) is 12.8. The average Bonchev–Trinajstić information content (AvgIpc) is 2.65. The Morgan fingerprint density at radius 1 is 0.903 bits per heavy atom. The molecule has 4 nitrogen and oxygen atoms in total. The van der Waals surface area contributed by atoms with E-state index in [2.05, 4.69) is 84.1 Å². The number of rotatable bonds is 9. The van der Waals surface area contributed by atoms with Crippen LogP contribution in [0.2, 0.25) is 0 Å². The quantitative estimate of drug-likeness (QED) is 0.214. The third-order valence-electron chi connectivity index (χ3n) is 4.58. The molecule has 0 fully saturated rings. The average molecular weight is 686 g/mol. The Morgan fingerprint density at radius 2 is 1.29 bits per heavy atom. The molecular formula is C23H26Br4O4. The summed E-state index contributed by atoms with van der Waals surface area (Å²) in [7, 11) is 0. The van der Waals surface area contributed by atoms with Crippen molar-refractivity contribution in [3.63, 3.8) is 0 Å². The first-order chi connectivity index (χ1) is 14.3. The Balaban J connectivity index is 2.36. The Kier molecular flexibility index (Phi) is 9.68. The van der Waals surface area contributed by atoms with Crippen LogP contribution in [-0.2, 0) is 10.2 Å². The number of hydrogen-bond acceptors (Lipinski definition) is 4. The second-order valence-electron chi connectivity index (χ2n) is 7.83. The first kappa shape index (κ1) is 26.9. The van der Waals surface area contributed by atoms with Crippen LogP contribution in [0.1, 0.15) is 45.7 Å². The zero-order valence-electron chi connectivity index (χ0n) is 18.1. The van der Waals surface area contributed by atoms with Crippen molar-refractivity contribution in [2.75, 3.05) is 6.61 Å². The van der Waals surface area contributed by atoms with Crippen LogP contribution in [0.3, 0.4) is 0 Å². The van der Waals surface area contributed by atoms with E-state index in [0.717, 1.165) is 34.6 Å². The van der Waals surface area contributed by atoms with Crippen LogP contribution in [0, 0.1) is 0 Å². The molecule has 2 rings (SSSR count). The van der Waals surface area contributed by atoms with Gasteiger partial charge in [0.25, 0.3) is 0 Å². The van der Waals surface area contributed by atoms with Crippen molar-refractivity contribution in [3.05, 3.63) is 65.4 Å². The van der Waals surface area contributed by atoms with Crippen molar-refractivity contribution >= 4 is 63.7 Å². The number of hydrogen-bond donors (Lipinski definition) is 1. The number of halogens is 4. The van der Waals surface area contributed by atoms with E-state index < -0.39 is 12.6 Å². The molecule has 0 bridgehead atoms. The van der Waals surface area contributed by atoms with Gasteiger partial charge in [0, 0.05) is 5.41 Å². The summed E-state index contributed by atoms with van der Waals surface area (Å²) in [4.78, 5) is 0. The van der Waals surface area contributed by atoms with Crippen molar-refractivity contribution in [2.45, 2.75) is 52.6 Å². The molecule has 0 aromatic heterocycles. The molecule has 2 atom stereocenters. The van der Waals surface area contributed by atoms with Crippen LogP contribution in [-0.4, -0.2) is 24.3 Å². The second-order valence-corrected chi connectivity index (χ2v) is 11.3. The summed E-state index contributed by atoms with van der Waals surface area (Å²) >= 11 is 14.4. The predicted octanol–water partition coefficient (Wildman–Crippen LogP) is 8.10. The molecule has 0 saturated carbocycles. The van der Waals surface area contributed by atoms with Crippen LogP contribution in [0.25, 0.3) is 0 Å². The van der Waals surface area contributed by atoms with Crippen molar-refractivity contribution in [3.8, 4) is 11.5 Å². The molecule has 0 spiro atoms. The monoisotopic (exact) mass is 682 g/mol. The maximum Gasteiger partial charge on any atom is 0.197 e. The smallest absolute Gasteiger partial charge is 0.197 e. The van der Waals surface area contributed by atoms with E-state index in [1.807, 2.05) is 38.1 Å². The summed E-state index contributed by atoms with van der Waals surface area (Å²) in [5.74, 6) is 1.24. The largest absolute Gasteiger partial charge is 0.463 e. The highest BCUT2D eigenvalue weighted by Crippen LogP contribution is 2.44. The summed E-state index contributed by atoms with van der Waals surface area (Å²) < 4.78 is 20.3. The van der Waals surface area contributed by atoms with Gasteiger partial charge in [0.15, 0.2) is 24.1 Å². The van der Waals surface area contributed by atoms with E-state index in [-0.39, 0.29) is 5.41 Å². The molecule has 1 N–H and O–H groups in total. The Bertz CT molecular complexity index is 911. The van der Waals surface area contributed by atoms with Gasteiger partial charge in [-0.1, -0.05) is 26.0 Å². The highest BCUT2D eigenvalue weighted by atomic mass is 79.9. The maximum atomic E-state index is 9.57. The van der Waals surface area contributed by atoms with Crippen LogP contribution >= 0.6 is 63.7 Å². The molecular weight excluding hydrogens is 660 g/mol. The second kappa shape index (κ2) is 11.2.